The first-order chi connectivity index (χ1) is 16.9. The van der Waals surface area contributed by atoms with Crippen LogP contribution in [0.15, 0.2) is 48.5 Å². The zero-order valence-corrected chi connectivity index (χ0v) is 19.5. The highest BCUT2D eigenvalue weighted by atomic mass is 16.5. The summed E-state index contributed by atoms with van der Waals surface area (Å²) in [6.07, 6.45) is 3.62. The van der Waals surface area contributed by atoms with E-state index in [1.807, 2.05) is 24.3 Å². The number of ether oxygens (including phenoxy) is 1. The molecule has 0 aromatic heterocycles. The molecule has 6 rings (SSSR count). The van der Waals surface area contributed by atoms with Crippen LogP contribution in [0.5, 0.6) is 0 Å². The van der Waals surface area contributed by atoms with E-state index in [1.165, 1.54) is 11.1 Å². The molecule has 4 aliphatic carbocycles. The Morgan fingerprint density at radius 2 is 1.66 bits per heavy atom. The summed E-state index contributed by atoms with van der Waals surface area (Å²) in [5.74, 6) is -0.419. The molecule has 0 saturated heterocycles. The standard InChI is InChI=1S/C28H30N2O5/c31-25(29-18-11-17-13-28(17,14-18)26(32)33)12-24(16-9-10-16)30-27(34)35-15-23-21-7-3-1-5-19(21)20-6-2-4-8-22(20)23/h1-8,16-18,23-24H,9-15H2,(H,29,31)(H,30,34)(H,32,33)/t17-,18+,24?,28+/m1/s1. The Hall–Kier alpha value is -3.35. The number of carboxylic acid groups (broad SMARTS) is 1. The minimum atomic E-state index is -0.743. The van der Waals surface area contributed by atoms with Gasteiger partial charge >= 0.3 is 12.1 Å². The molecule has 7 heteroatoms. The van der Waals surface area contributed by atoms with Gasteiger partial charge in [0.15, 0.2) is 0 Å². The quantitative estimate of drug-likeness (QED) is 0.535. The lowest BCUT2D eigenvalue weighted by molar-refractivity contribution is -0.143. The summed E-state index contributed by atoms with van der Waals surface area (Å²) in [5, 5.41) is 15.4. The second-order valence-electron chi connectivity index (χ2n) is 10.7. The van der Waals surface area contributed by atoms with Crippen molar-refractivity contribution in [2.45, 2.75) is 56.5 Å². The lowest BCUT2D eigenvalue weighted by Gasteiger charge is -2.21. The summed E-state index contributed by atoms with van der Waals surface area (Å²) in [6, 6.07) is 16.1. The number of rotatable bonds is 8. The highest BCUT2D eigenvalue weighted by Crippen LogP contribution is 2.63. The zero-order chi connectivity index (χ0) is 24.2. The molecule has 7 nitrogen and oxygen atoms in total. The van der Waals surface area contributed by atoms with Gasteiger partial charge in [0.05, 0.1) is 5.41 Å². The Morgan fingerprint density at radius 3 is 2.26 bits per heavy atom. The van der Waals surface area contributed by atoms with Crippen LogP contribution in [0.25, 0.3) is 11.1 Å². The third kappa shape index (κ3) is 4.07. The van der Waals surface area contributed by atoms with Crippen LogP contribution < -0.4 is 10.6 Å². The Kier molecular flexibility index (Phi) is 5.31. The van der Waals surface area contributed by atoms with Gasteiger partial charge in [-0.2, -0.15) is 0 Å². The summed E-state index contributed by atoms with van der Waals surface area (Å²) >= 11 is 0. The lowest BCUT2D eigenvalue weighted by atomic mass is 9.98. The topological polar surface area (TPSA) is 105 Å². The number of fused-ring (bicyclic) bond motifs is 4. The Balaban J connectivity index is 1.04. The summed E-state index contributed by atoms with van der Waals surface area (Å²) in [4.78, 5) is 36.9. The predicted molar refractivity (Wildman–Crippen MR) is 129 cm³/mol. The van der Waals surface area contributed by atoms with Crippen LogP contribution in [0.1, 0.15) is 55.6 Å². The van der Waals surface area contributed by atoms with E-state index in [2.05, 4.69) is 34.9 Å². The van der Waals surface area contributed by atoms with E-state index < -0.39 is 17.5 Å². The second kappa shape index (κ2) is 8.40. The molecule has 3 N–H and O–H groups in total. The number of amides is 2. The van der Waals surface area contributed by atoms with Gasteiger partial charge in [0.1, 0.15) is 6.61 Å². The van der Waals surface area contributed by atoms with E-state index in [4.69, 9.17) is 4.74 Å². The molecule has 3 saturated carbocycles. The SMILES string of the molecule is O=C(CC(NC(=O)OCC1c2ccccc2-c2ccccc21)C1CC1)N[C@H]1C[C@@H]2C[C@]2(C(=O)O)C1. The van der Waals surface area contributed by atoms with Gasteiger partial charge in [-0.1, -0.05) is 48.5 Å². The van der Waals surface area contributed by atoms with Crippen molar-refractivity contribution >= 4 is 18.0 Å². The molecular weight excluding hydrogens is 444 g/mol. The summed E-state index contributed by atoms with van der Waals surface area (Å²) in [6.45, 7) is 0.240. The van der Waals surface area contributed by atoms with E-state index in [1.54, 1.807) is 0 Å². The second-order valence-corrected chi connectivity index (χ2v) is 10.7. The van der Waals surface area contributed by atoms with E-state index in [-0.39, 0.29) is 48.8 Å². The smallest absolute Gasteiger partial charge is 0.407 e. The number of carbonyl (C=O) groups is 3. The number of benzene rings is 2. The van der Waals surface area contributed by atoms with E-state index in [9.17, 15) is 19.5 Å². The Bertz CT molecular complexity index is 1150. The average molecular weight is 475 g/mol. The van der Waals surface area contributed by atoms with Gasteiger partial charge in [-0.15, -0.1) is 0 Å². The minimum Gasteiger partial charge on any atom is -0.481 e. The number of carbonyl (C=O) groups excluding carboxylic acids is 2. The number of alkyl carbamates (subject to hydrolysis) is 1. The largest absolute Gasteiger partial charge is 0.481 e. The molecule has 3 fully saturated rings. The molecule has 4 atom stereocenters. The highest BCUT2D eigenvalue weighted by Gasteiger charge is 2.65. The number of hydrogen-bond donors (Lipinski definition) is 3. The molecule has 0 heterocycles. The zero-order valence-electron chi connectivity index (χ0n) is 19.5. The average Bonchev–Trinajstić information content (AvgIpc) is 3.75. The van der Waals surface area contributed by atoms with E-state index in [0.29, 0.717) is 6.42 Å². The molecule has 4 aliphatic rings. The van der Waals surface area contributed by atoms with Gasteiger partial charge in [0.25, 0.3) is 0 Å². The van der Waals surface area contributed by atoms with Crippen LogP contribution in [-0.2, 0) is 14.3 Å². The van der Waals surface area contributed by atoms with Crippen molar-refractivity contribution < 1.29 is 24.2 Å². The first kappa shape index (κ1) is 22.1. The Morgan fingerprint density at radius 1 is 1.00 bits per heavy atom. The molecule has 0 bridgehead atoms. The molecule has 1 unspecified atom stereocenters. The maximum Gasteiger partial charge on any atom is 0.407 e. The number of nitrogens with one attached hydrogen (secondary N) is 2. The lowest BCUT2D eigenvalue weighted by Crippen LogP contribution is -2.43. The summed E-state index contributed by atoms with van der Waals surface area (Å²) in [7, 11) is 0. The van der Waals surface area contributed by atoms with E-state index >= 15 is 0 Å². The van der Waals surface area contributed by atoms with Crippen LogP contribution in [0, 0.1) is 17.3 Å². The minimum absolute atomic E-state index is 0.00817. The maximum absolute atomic E-state index is 12.7. The van der Waals surface area contributed by atoms with Crippen molar-refractivity contribution in [2.24, 2.45) is 17.3 Å². The van der Waals surface area contributed by atoms with Crippen LogP contribution in [-0.4, -0.2) is 41.8 Å². The number of hydrogen-bond acceptors (Lipinski definition) is 4. The molecule has 0 radical (unpaired) electrons. The number of aliphatic carboxylic acids is 1. The first-order valence-corrected chi connectivity index (χ1v) is 12.6. The van der Waals surface area contributed by atoms with Crippen molar-refractivity contribution in [1.82, 2.24) is 10.6 Å². The molecule has 2 amide bonds. The monoisotopic (exact) mass is 474 g/mol. The molecule has 182 valence electrons. The van der Waals surface area contributed by atoms with Gasteiger partial charge in [-0.05, 0) is 66.2 Å². The van der Waals surface area contributed by atoms with E-state index in [0.717, 1.165) is 36.8 Å². The van der Waals surface area contributed by atoms with Gasteiger partial charge in [-0.3, -0.25) is 9.59 Å². The van der Waals surface area contributed by atoms with Gasteiger partial charge < -0.3 is 20.5 Å². The molecule has 2 aromatic rings. The third-order valence-electron chi connectivity index (χ3n) is 8.45. The number of carboxylic acids is 1. The van der Waals surface area contributed by atoms with Crippen LogP contribution in [0.3, 0.4) is 0 Å². The fourth-order valence-corrected chi connectivity index (χ4v) is 6.38. The molecule has 0 aliphatic heterocycles. The molecule has 2 aromatic carbocycles. The summed E-state index contributed by atoms with van der Waals surface area (Å²) in [5.41, 5.74) is 4.06. The highest BCUT2D eigenvalue weighted by molar-refractivity contribution is 5.81. The van der Waals surface area contributed by atoms with Gasteiger partial charge in [0, 0.05) is 24.4 Å². The van der Waals surface area contributed by atoms with Crippen LogP contribution >= 0.6 is 0 Å². The van der Waals surface area contributed by atoms with Gasteiger partial charge in [0.2, 0.25) is 5.91 Å². The fraction of sp³-hybridized carbons (Fsp3) is 0.464. The normalized spacial score (nSPS) is 26.7. The molecule has 0 spiro atoms. The van der Waals surface area contributed by atoms with Crippen LogP contribution in [0.4, 0.5) is 4.79 Å². The maximum atomic E-state index is 12.7. The third-order valence-corrected chi connectivity index (χ3v) is 8.45. The van der Waals surface area contributed by atoms with Crippen LogP contribution in [0.2, 0.25) is 0 Å². The van der Waals surface area contributed by atoms with Crippen molar-refractivity contribution in [3.63, 3.8) is 0 Å². The fourth-order valence-electron chi connectivity index (χ4n) is 6.38. The Labute approximate surface area is 204 Å². The first-order valence-electron chi connectivity index (χ1n) is 12.6. The van der Waals surface area contributed by atoms with Crippen molar-refractivity contribution in [3.05, 3.63) is 59.7 Å². The van der Waals surface area contributed by atoms with Crippen molar-refractivity contribution in [1.29, 1.82) is 0 Å². The predicted octanol–water partition coefficient (Wildman–Crippen LogP) is 4.06. The molecular formula is C28H30N2O5. The van der Waals surface area contributed by atoms with Crippen molar-refractivity contribution in [3.8, 4) is 11.1 Å². The van der Waals surface area contributed by atoms with Crippen molar-refractivity contribution in [2.75, 3.05) is 6.61 Å². The van der Waals surface area contributed by atoms with Gasteiger partial charge in [-0.25, -0.2) is 4.79 Å². The summed E-state index contributed by atoms with van der Waals surface area (Å²) < 4.78 is 5.68. The molecule has 35 heavy (non-hydrogen) atoms.